The van der Waals surface area contributed by atoms with Gasteiger partial charge < -0.3 is 14.5 Å². The number of methoxy groups -OCH3 is 1. The summed E-state index contributed by atoms with van der Waals surface area (Å²) in [5.74, 6) is -1.22. The van der Waals surface area contributed by atoms with Crippen LogP contribution in [0.3, 0.4) is 0 Å². The molecule has 176 valence electrons. The van der Waals surface area contributed by atoms with Crippen LogP contribution in [0.25, 0.3) is 0 Å². The van der Waals surface area contributed by atoms with E-state index in [2.05, 4.69) is 14.5 Å². The Hall–Kier alpha value is -3.00. The zero-order valence-electron chi connectivity index (χ0n) is 18.8. The number of nitrogens with zero attached hydrogens (tertiary/aromatic N) is 3. The van der Waals surface area contributed by atoms with Crippen molar-refractivity contribution in [3.63, 3.8) is 0 Å². The van der Waals surface area contributed by atoms with Gasteiger partial charge in [-0.3, -0.25) is 14.5 Å². The van der Waals surface area contributed by atoms with Crippen molar-refractivity contribution in [3.05, 3.63) is 65.7 Å². The number of carbonyl (C=O) groups is 2. The number of hydrogen-bond donors (Lipinski definition) is 0. The molecule has 0 spiro atoms. The Bertz CT molecular complexity index is 977. The smallest absolute Gasteiger partial charge is 0.315 e. The summed E-state index contributed by atoms with van der Waals surface area (Å²) in [6.45, 7) is 5.11. The summed E-state index contributed by atoms with van der Waals surface area (Å²) in [4.78, 5) is 30.5. The van der Waals surface area contributed by atoms with Gasteiger partial charge in [-0.2, -0.15) is 0 Å². The lowest BCUT2D eigenvalue weighted by molar-refractivity contribution is -0.146. The van der Waals surface area contributed by atoms with Crippen LogP contribution >= 0.6 is 0 Å². The molecule has 0 radical (unpaired) electrons. The lowest BCUT2D eigenvalue weighted by Crippen LogP contribution is -2.48. The highest BCUT2D eigenvalue weighted by Crippen LogP contribution is 2.34. The number of rotatable bonds is 6. The molecule has 1 amide bonds. The fourth-order valence-corrected chi connectivity index (χ4v) is 4.85. The van der Waals surface area contributed by atoms with E-state index in [0.29, 0.717) is 13.1 Å². The van der Waals surface area contributed by atoms with Crippen molar-refractivity contribution in [2.75, 3.05) is 57.8 Å². The highest BCUT2D eigenvalue weighted by Gasteiger charge is 2.38. The number of anilines is 1. The van der Waals surface area contributed by atoms with E-state index in [-0.39, 0.29) is 35.8 Å². The Morgan fingerprint density at radius 2 is 1.70 bits per heavy atom. The second-order valence-corrected chi connectivity index (χ2v) is 8.74. The maximum atomic E-state index is 13.9. The fraction of sp³-hybridized carbons (Fsp3) is 0.440. The molecule has 0 N–H and O–H groups in total. The van der Waals surface area contributed by atoms with Crippen LogP contribution in [0, 0.1) is 17.6 Å². The van der Waals surface area contributed by atoms with Crippen molar-refractivity contribution < 1.29 is 23.1 Å². The van der Waals surface area contributed by atoms with E-state index in [9.17, 15) is 18.4 Å². The second-order valence-electron chi connectivity index (χ2n) is 8.74. The molecular weight excluding hydrogens is 428 g/mol. The molecule has 0 saturated carbocycles. The number of halogens is 2. The minimum absolute atomic E-state index is 0.00238. The molecule has 2 saturated heterocycles. The molecule has 2 aliphatic rings. The number of piperazine rings is 1. The SMILES string of the molecule is COC(=O)CC(=O)N1CC(CN2CCN(c3ccc(F)cc3)CC2)C(c2cccc(F)c2)C1. The van der Waals surface area contributed by atoms with Gasteiger partial charge in [0.05, 0.1) is 7.11 Å². The van der Waals surface area contributed by atoms with Crippen LogP contribution in [0.2, 0.25) is 0 Å². The minimum atomic E-state index is -0.553. The quantitative estimate of drug-likeness (QED) is 0.493. The Morgan fingerprint density at radius 3 is 2.36 bits per heavy atom. The Morgan fingerprint density at radius 1 is 0.970 bits per heavy atom. The Balaban J connectivity index is 1.42. The van der Waals surface area contributed by atoms with Crippen LogP contribution in [0.4, 0.5) is 14.5 Å². The Labute approximate surface area is 192 Å². The van der Waals surface area contributed by atoms with E-state index in [1.807, 2.05) is 6.07 Å². The summed E-state index contributed by atoms with van der Waals surface area (Å²) in [7, 11) is 1.27. The summed E-state index contributed by atoms with van der Waals surface area (Å²) >= 11 is 0. The van der Waals surface area contributed by atoms with Crippen molar-refractivity contribution >= 4 is 17.6 Å². The molecule has 2 unspecified atom stereocenters. The molecule has 6 nitrogen and oxygen atoms in total. The van der Waals surface area contributed by atoms with Gasteiger partial charge in [0.2, 0.25) is 5.91 Å². The lowest BCUT2D eigenvalue weighted by Gasteiger charge is -2.37. The predicted octanol–water partition coefficient (Wildman–Crippen LogP) is 2.89. The largest absolute Gasteiger partial charge is 0.469 e. The van der Waals surface area contributed by atoms with Gasteiger partial charge >= 0.3 is 5.97 Å². The van der Waals surface area contributed by atoms with E-state index in [0.717, 1.165) is 44.0 Å². The summed E-state index contributed by atoms with van der Waals surface area (Å²) in [6, 6.07) is 13.1. The average molecular weight is 458 g/mol. The summed E-state index contributed by atoms with van der Waals surface area (Å²) in [5.41, 5.74) is 1.88. The van der Waals surface area contributed by atoms with E-state index in [1.165, 1.54) is 25.3 Å². The van der Waals surface area contributed by atoms with Crippen molar-refractivity contribution in [2.45, 2.75) is 12.3 Å². The van der Waals surface area contributed by atoms with Gasteiger partial charge in [0.1, 0.15) is 18.1 Å². The summed E-state index contributed by atoms with van der Waals surface area (Å²) in [6.07, 6.45) is -0.282. The van der Waals surface area contributed by atoms with Gasteiger partial charge in [-0.15, -0.1) is 0 Å². The zero-order valence-corrected chi connectivity index (χ0v) is 18.8. The maximum absolute atomic E-state index is 13.9. The van der Waals surface area contributed by atoms with Gasteiger partial charge in [-0.05, 0) is 47.9 Å². The van der Waals surface area contributed by atoms with Gasteiger partial charge in [0.25, 0.3) is 0 Å². The third-order valence-corrected chi connectivity index (χ3v) is 6.65. The first-order chi connectivity index (χ1) is 15.9. The van der Waals surface area contributed by atoms with Gasteiger partial charge in [-0.1, -0.05) is 12.1 Å². The molecule has 2 aliphatic heterocycles. The minimum Gasteiger partial charge on any atom is -0.469 e. The van der Waals surface area contributed by atoms with Crippen LogP contribution in [-0.4, -0.2) is 74.6 Å². The third-order valence-electron chi connectivity index (χ3n) is 6.65. The number of ether oxygens (including phenoxy) is 1. The third kappa shape index (κ3) is 5.68. The molecule has 8 heteroatoms. The van der Waals surface area contributed by atoms with Crippen molar-refractivity contribution in [3.8, 4) is 0 Å². The zero-order chi connectivity index (χ0) is 23.4. The van der Waals surface area contributed by atoms with E-state index in [1.54, 1.807) is 29.2 Å². The number of benzene rings is 2. The molecule has 0 aromatic heterocycles. The van der Waals surface area contributed by atoms with Crippen LogP contribution in [0.5, 0.6) is 0 Å². The van der Waals surface area contributed by atoms with Crippen LogP contribution in [-0.2, 0) is 14.3 Å². The molecule has 0 aliphatic carbocycles. The first-order valence-corrected chi connectivity index (χ1v) is 11.3. The second kappa shape index (κ2) is 10.3. The first kappa shape index (κ1) is 23.2. The molecule has 2 heterocycles. The number of amides is 1. The molecule has 2 aromatic carbocycles. The highest BCUT2D eigenvalue weighted by atomic mass is 19.1. The number of carbonyl (C=O) groups excluding carboxylic acids is 2. The molecule has 0 bridgehead atoms. The van der Waals surface area contributed by atoms with Gasteiger partial charge in [0.15, 0.2) is 0 Å². The van der Waals surface area contributed by atoms with Gasteiger partial charge in [-0.25, -0.2) is 8.78 Å². The van der Waals surface area contributed by atoms with Crippen LogP contribution in [0.15, 0.2) is 48.5 Å². The predicted molar refractivity (Wildman–Crippen MR) is 121 cm³/mol. The number of hydrogen-bond acceptors (Lipinski definition) is 5. The monoisotopic (exact) mass is 457 g/mol. The molecule has 2 atom stereocenters. The lowest BCUT2D eigenvalue weighted by atomic mass is 9.88. The molecule has 2 aromatic rings. The number of likely N-dealkylation sites (tertiary alicyclic amines) is 1. The van der Waals surface area contributed by atoms with Crippen LogP contribution < -0.4 is 4.90 Å². The summed E-state index contributed by atoms with van der Waals surface area (Å²) < 4.78 is 31.8. The van der Waals surface area contributed by atoms with Crippen LogP contribution in [0.1, 0.15) is 17.9 Å². The Kier molecular flexibility index (Phi) is 7.23. The van der Waals surface area contributed by atoms with E-state index in [4.69, 9.17) is 0 Å². The fourth-order valence-electron chi connectivity index (χ4n) is 4.85. The normalized spacial score (nSPS) is 21.3. The molecule has 4 rings (SSSR count). The number of esters is 1. The van der Waals surface area contributed by atoms with Gasteiger partial charge in [0, 0.05) is 57.4 Å². The topological polar surface area (TPSA) is 53.1 Å². The van der Waals surface area contributed by atoms with Crippen molar-refractivity contribution in [1.82, 2.24) is 9.80 Å². The van der Waals surface area contributed by atoms with E-state index < -0.39 is 5.97 Å². The first-order valence-electron chi connectivity index (χ1n) is 11.3. The van der Waals surface area contributed by atoms with Crippen molar-refractivity contribution in [2.24, 2.45) is 5.92 Å². The average Bonchev–Trinajstić information content (AvgIpc) is 3.24. The highest BCUT2D eigenvalue weighted by molar-refractivity contribution is 5.94. The summed E-state index contributed by atoms with van der Waals surface area (Å²) in [5, 5.41) is 0. The molecule has 33 heavy (non-hydrogen) atoms. The molecular formula is C25H29F2N3O3. The molecule has 2 fully saturated rings. The maximum Gasteiger partial charge on any atom is 0.315 e. The standard InChI is InChI=1S/C25H29F2N3O3/c1-33-25(32)14-24(31)30-16-19(23(17-30)18-3-2-4-21(27)13-18)15-28-9-11-29(12-10-28)22-7-5-20(26)6-8-22/h2-8,13,19,23H,9-12,14-17H2,1H3. The van der Waals surface area contributed by atoms with E-state index >= 15 is 0 Å². The van der Waals surface area contributed by atoms with Crippen molar-refractivity contribution in [1.29, 1.82) is 0 Å².